The summed E-state index contributed by atoms with van der Waals surface area (Å²) in [5.41, 5.74) is 1.43. The summed E-state index contributed by atoms with van der Waals surface area (Å²) in [6.45, 7) is 5.05. The van der Waals surface area contributed by atoms with Crippen molar-refractivity contribution < 1.29 is 18.0 Å². The zero-order valence-corrected chi connectivity index (χ0v) is 25.3. The van der Waals surface area contributed by atoms with Gasteiger partial charge in [-0.25, -0.2) is 15.0 Å². The van der Waals surface area contributed by atoms with Crippen molar-refractivity contribution in [1.29, 1.82) is 0 Å². The van der Waals surface area contributed by atoms with Gasteiger partial charge in [-0.05, 0) is 83.1 Å². The van der Waals surface area contributed by atoms with Gasteiger partial charge in [0.15, 0.2) is 0 Å². The van der Waals surface area contributed by atoms with Crippen molar-refractivity contribution in [2.75, 3.05) is 36.1 Å². The van der Waals surface area contributed by atoms with Crippen molar-refractivity contribution in [1.82, 2.24) is 24.4 Å². The standard InChI is InChI=1S/C33H35F3N8O/c1-21-10-11-24(40-30(45)22-7-6-14-32(2,19-22)33(34,35)36)17-26(21)42-31-41-25-8-4-5-9-27(25)44(31)29-18-28(37-20-38-29)39-23-12-15-43(3)16-13-23/h4-11,17-20,23H,12-16H2,1-3H3,(H,40,45)(H,41,42)(H,37,38,39). The highest BCUT2D eigenvalue weighted by atomic mass is 19.4. The predicted octanol–water partition coefficient (Wildman–Crippen LogP) is 6.77. The average molecular weight is 617 g/mol. The third-order valence-electron chi connectivity index (χ3n) is 8.48. The number of imidazole rings is 1. The van der Waals surface area contributed by atoms with Crippen LogP contribution in [0.15, 0.2) is 78.7 Å². The minimum absolute atomic E-state index is 0.0358. The Balaban J connectivity index is 1.28. The Hall–Kier alpha value is -4.71. The molecular weight excluding hydrogens is 581 g/mol. The molecule has 2 aliphatic rings. The molecule has 0 spiro atoms. The summed E-state index contributed by atoms with van der Waals surface area (Å²) in [5, 5.41) is 9.70. The Labute approximate surface area is 259 Å². The lowest BCUT2D eigenvalue weighted by Gasteiger charge is -2.30. The molecule has 0 saturated carbocycles. The van der Waals surface area contributed by atoms with Crippen LogP contribution in [0.2, 0.25) is 0 Å². The number of benzene rings is 2. The molecule has 0 radical (unpaired) electrons. The van der Waals surface area contributed by atoms with E-state index in [1.54, 1.807) is 12.1 Å². The zero-order valence-electron chi connectivity index (χ0n) is 25.3. The third-order valence-corrected chi connectivity index (χ3v) is 8.48. The lowest BCUT2D eigenvalue weighted by Crippen LogP contribution is -2.36. The molecule has 3 N–H and O–H groups in total. The van der Waals surface area contributed by atoms with Crippen LogP contribution >= 0.6 is 0 Å². The number of piperidine rings is 1. The van der Waals surface area contributed by atoms with Crippen LogP contribution < -0.4 is 16.0 Å². The molecule has 0 bridgehead atoms. The number of nitrogens with one attached hydrogen (secondary N) is 3. The number of carbonyl (C=O) groups excluding carboxylic acids is 1. The summed E-state index contributed by atoms with van der Waals surface area (Å²) >= 11 is 0. The first-order valence-electron chi connectivity index (χ1n) is 14.9. The van der Waals surface area contributed by atoms with E-state index < -0.39 is 17.5 Å². The van der Waals surface area contributed by atoms with E-state index in [1.807, 2.05) is 47.9 Å². The average Bonchev–Trinajstić information content (AvgIpc) is 3.37. The topological polar surface area (TPSA) is 100 Å². The number of halogens is 3. The van der Waals surface area contributed by atoms with Crippen LogP contribution in [-0.2, 0) is 4.79 Å². The maximum atomic E-state index is 13.6. The number of para-hydroxylation sites is 2. The van der Waals surface area contributed by atoms with Gasteiger partial charge in [0.05, 0.1) is 16.4 Å². The third kappa shape index (κ3) is 6.41. The molecule has 1 amide bonds. The smallest absolute Gasteiger partial charge is 0.367 e. The number of hydrogen-bond acceptors (Lipinski definition) is 7. The molecule has 1 atom stereocenters. The van der Waals surface area contributed by atoms with E-state index in [0.29, 0.717) is 29.2 Å². The molecule has 12 heteroatoms. The van der Waals surface area contributed by atoms with Gasteiger partial charge in [-0.15, -0.1) is 0 Å². The summed E-state index contributed by atoms with van der Waals surface area (Å²) in [4.78, 5) is 29.2. The van der Waals surface area contributed by atoms with Crippen molar-refractivity contribution in [3.05, 3.63) is 84.2 Å². The number of alkyl halides is 3. The number of nitrogens with zero attached hydrogens (tertiary/aromatic N) is 5. The summed E-state index contributed by atoms with van der Waals surface area (Å²) < 4.78 is 42.8. The van der Waals surface area contributed by atoms with Crippen molar-refractivity contribution in [3.63, 3.8) is 0 Å². The molecule has 3 heterocycles. The van der Waals surface area contributed by atoms with Crippen molar-refractivity contribution in [2.45, 2.75) is 45.3 Å². The van der Waals surface area contributed by atoms with Crippen LogP contribution in [0.5, 0.6) is 0 Å². The van der Waals surface area contributed by atoms with Gasteiger partial charge in [0.2, 0.25) is 5.95 Å². The first kappa shape index (κ1) is 30.3. The molecule has 1 saturated heterocycles. The number of rotatable bonds is 7. The monoisotopic (exact) mass is 616 g/mol. The molecule has 234 valence electrons. The SMILES string of the molecule is Cc1ccc(NC(=O)C2=CC(C)(C(F)(F)F)CC=C2)cc1Nc1nc2ccccc2n1-c1cc(NC2CCN(C)CC2)ncn1. The predicted molar refractivity (Wildman–Crippen MR) is 170 cm³/mol. The molecule has 9 nitrogen and oxygen atoms in total. The highest BCUT2D eigenvalue weighted by molar-refractivity contribution is 6.06. The molecule has 1 aliphatic carbocycles. The second-order valence-corrected chi connectivity index (χ2v) is 12.0. The maximum absolute atomic E-state index is 13.6. The second-order valence-electron chi connectivity index (χ2n) is 12.0. The van der Waals surface area contributed by atoms with E-state index in [9.17, 15) is 18.0 Å². The number of fused-ring (bicyclic) bond motifs is 1. The number of allylic oxidation sites excluding steroid dienone is 2. The lowest BCUT2D eigenvalue weighted by atomic mass is 9.80. The van der Waals surface area contributed by atoms with Crippen LogP contribution in [0.4, 0.5) is 36.3 Å². The number of aryl methyl sites for hydroxylation is 1. The summed E-state index contributed by atoms with van der Waals surface area (Å²) in [6, 6.07) is 15.2. The van der Waals surface area contributed by atoms with Gasteiger partial charge in [-0.1, -0.05) is 36.4 Å². The maximum Gasteiger partial charge on any atom is 0.397 e. The number of likely N-dealkylation sites (tertiary alicyclic amines) is 1. The molecule has 4 aromatic rings. The van der Waals surface area contributed by atoms with Crippen molar-refractivity contribution in [2.24, 2.45) is 5.41 Å². The van der Waals surface area contributed by atoms with E-state index in [4.69, 9.17) is 4.98 Å². The minimum atomic E-state index is -4.47. The van der Waals surface area contributed by atoms with Crippen molar-refractivity contribution in [3.8, 4) is 5.82 Å². The lowest BCUT2D eigenvalue weighted by molar-refractivity contribution is -0.199. The Morgan fingerprint density at radius 2 is 1.84 bits per heavy atom. The fraction of sp³-hybridized carbons (Fsp3) is 0.333. The van der Waals surface area contributed by atoms with E-state index in [-0.39, 0.29) is 12.0 Å². The number of carbonyl (C=O) groups is 1. The van der Waals surface area contributed by atoms with Crippen LogP contribution in [0.3, 0.4) is 0 Å². The van der Waals surface area contributed by atoms with E-state index in [1.165, 1.54) is 18.5 Å². The van der Waals surface area contributed by atoms with Gasteiger partial charge in [-0.3, -0.25) is 9.36 Å². The molecule has 2 aromatic heterocycles. The normalized spacial score (nSPS) is 19.4. The Morgan fingerprint density at radius 3 is 2.62 bits per heavy atom. The molecule has 1 aliphatic heterocycles. The molecule has 1 unspecified atom stereocenters. The Kier molecular flexibility index (Phi) is 8.08. The van der Waals surface area contributed by atoms with Crippen LogP contribution in [0.1, 0.15) is 31.7 Å². The van der Waals surface area contributed by atoms with E-state index in [2.05, 4.69) is 37.9 Å². The largest absolute Gasteiger partial charge is 0.397 e. The summed E-state index contributed by atoms with van der Waals surface area (Å²) in [7, 11) is 2.13. The number of aromatic nitrogens is 4. The minimum Gasteiger partial charge on any atom is -0.367 e. The molecule has 2 aromatic carbocycles. The second kappa shape index (κ2) is 12.0. The summed E-state index contributed by atoms with van der Waals surface area (Å²) in [6.07, 6.45) is 2.71. The number of anilines is 4. The first-order chi connectivity index (χ1) is 21.5. The zero-order chi connectivity index (χ0) is 31.8. The van der Waals surface area contributed by atoms with Crippen molar-refractivity contribution >= 4 is 40.1 Å². The van der Waals surface area contributed by atoms with Gasteiger partial charge >= 0.3 is 6.18 Å². The molecule has 6 rings (SSSR count). The molecular formula is C33H35F3N8O. The highest BCUT2D eigenvalue weighted by Gasteiger charge is 2.49. The van der Waals surface area contributed by atoms with E-state index >= 15 is 0 Å². The Bertz CT molecular complexity index is 1790. The number of amides is 1. The van der Waals surface area contributed by atoms with Gasteiger partial charge in [0.25, 0.3) is 5.91 Å². The number of hydrogen-bond donors (Lipinski definition) is 3. The van der Waals surface area contributed by atoms with Crippen LogP contribution in [-0.4, -0.2) is 62.7 Å². The molecule has 45 heavy (non-hydrogen) atoms. The van der Waals surface area contributed by atoms with Crippen LogP contribution in [0.25, 0.3) is 16.9 Å². The Morgan fingerprint density at radius 1 is 1.07 bits per heavy atom. The quantitative estimate of drug-likeness (QED) is 0.211. The van der Waals surface area contributed by atoms with Gasteiger partial charge in [0, 0.05) is 29.1 Å². The first-order valence-corrected chi connectivity index (χ1v) is 14.9. The van der Waals surface area contributed by atoms with Crippen LogP contribution in [0, 0.1) is 12.3 Å². The fourth-order valence-corrected chi connectivity index (χ4v) is 5.63. The molecule has 1 fully saturated rings. The van der Waals surface area contributed by atoms with Gasteiger partial charge < -0.3 is 20.9 Å². The highest BCUT2D eigenvalue weighted by Crippen LogP contribution is 2.45. The van der Waals surface area contributed by atoms with E-state index in [0.717, 1.165) is 61.3 Å². The summed E-state index contributed by atoms with van der Waals surface area (Å²) in [5.74, 6) is 1.24. The fourth-order valence-electron chi connectivity index (χ4n) is 5.63. The van der Waals surface area contributed by atoms with Gasteiger partial charge in [0.1, 0.15) is 18.0 Å². The van der Waals surface area contributed by atoms with Gasteiger partial charge in [-0.2, -0.15) is 13.2 Å².